The highest BCUT2D eigenvalue weighted by atomic mass is 19.4. The number of alkyl carbamates (subject to hydrolysis) is 1. The molecule has 2 aromatic carbocycles. The van der Waals surface area contributed by atoms with Gasteiger partial charge in [0.15, 0.2) is 0 Å². The first-order valence-electron chi connectivity index (χ1n) is 11.2. The highest BCUT2D eigenvalue weighted by Gasteiger charge is 2.49. The Morgan fingerprint density at radius 2 is 1.57 bits per heavy atom. The second-order valence-electron chi connectivity index (χ2n) is 9.20. The van der Waals surface area contributed by atoms with Crippen molar-refractivity contribution in [1.29, 1.82) is 0 Å². The van der Waals surface area contributed by atoms with Crippen molar-refractivity contribution < 1.29 is 37.4 Å². The fraction of sp³-hybridized carbons (Fsp3) is 0.400. The number of carboxylic acid groups (broad SMARTS) is 1. The van der Waals surface area contributed by atoms with Crippen LogP contribution in [0.15, 0.2) is 48.5 Å². The molecule has 0 spiro atoms. The summed E-state index contributed by atoms with van der Waals surface area (Å²) in [6, 6.07) is 12.6. The second kappa shape index (κ2) is 9.24. The van der Waals surface area contributed by atoms with Crippen LogP contribution in [0, 0.1) is 5.92 Å². The number of ether oxygens (including phenoxy) is 1. The number of carbonyl (C=O) groups excluding carboxylic acids is 2. The highest BCUT2D eigenvalue weighted by molar-refractivity contribution is 5.85. The Labute approximate surface area is 199 Å². The van der Waals surface area contributed by atoms with Gasteiger partial charge in [-0.25, -0.2) is 9.59 Å². The zero-order valence-corrected chi connectivity index (χ0v) is 18.9. The Kier molecular flexibility index (Phi) is 6.48. The summed E-state index contributed by atoms with van der Waals surface area (Å²) in [5, 5.41) is 13.0. The molecule has 7 nitrogen and oxygen atoms in total. The summed E-state index contributed by atoms with van der Waals surface area (Å²) < 4.78 is 44.3. The first-order valence-corrected chi connectivity index (χ1v) is 11.2. The molecule has 0 aliphatic heterocycles. The van der Waals surface area contributed by atoms with Crippen LogP contribution >= 0.6 is 0 Å². The quantitative estimate of drug-likeness (QED) is 0.514. The van der Waals surface area contributed by atoms with Gasteiger partial charge in [0.1, 0.15) is 6.61 Å². The summed E-state index contributed by atoms with van der Waals surface area (Å²) >= 11 is 0. The molecule has 2 aliphatic rings. The number of hydrogen-bond acceptors (Lipinski definition) is 4. The van der Waals surface area contributed by atoms with Crippen molar-refractivity contribution in [2.24, 2.45) is 5.92 Å². The number of carboxylic acids is 1. The maximum Gasteiger partial charge on any atom is 0.419 e. The molecule has 2 aliphatic carbocycles. The molecule has 2 unspecified atom stereocenters. The van der Waals surface area contributed by atoms with Crippen LogP contribution in [0.3, 0.4) is 0 Å². The molecule has 2 atom stereocenters. The van der Waals surface area contributed by atoms with Gasteiger partial charge in [-0.1, -0.05) is 48.5 Å². The molecular formula is C25H25F3N2O5. The van der Waals surface area contributed by atoms with Gasteiger partial charge >= 0.3 is 18.2 Å². The van der Waals surface area contributed by atoms with E-state index in [4.69, 9.17) is 9.84 Å². The monoisotopic (exact) mass is 490 g/mol. The van der Waals surface area contributed by atoms with Crippen molar-refractivity contribution >= 4 is 18.0 Å². The van der Waals surface area contributed by atoms with Gasteiger partial charge in [0.25, 0.3) is 0 Å². The predicted octanol–water partition coefficient (Wildman–Crippen LogP) is 4.22. The van der Waals surface area contributed by atoms with Gasteiger partial charge in [-0.05, 0) is 47.9 Å². The van der Waals surface area contributed by atoms with Crippen molar-refractivity contribution in [2.75, 3.05) is 6.61 Å². The third kappa shape index (κ3) is 5.26. The van der Waals surface area contributed by atoms with Gasteiger partial charge in [-0.15, -0.1) is 0 Å². The van der Waals surface area contributed by atoms with E-state index in [-0.39, 0.29) is 18.4 Å². The third-order valence-corrected chi connectivity index (χ3v) is 6.62. The van der Waals surface area contributed by atoms with Crippen molar-refractivity contribution in [3.63, 3.8) is 0 Å². The van der Waals surface area contributed by atoms with Crippen molar-refractivity contribution in [2.45, 2.75) is 49.9 Å². The van der Waals surface area contributed by atoms with Crippen molar-refractivity contribution in [3.05, 3.63) is 59.7 Å². The van der Waals surface area contributed by atoms with E-state index in [2.05, 4.69) is 5.32 Å². The molecule has 0 radical (unpaired) electrons. The van der Waals surface area contributed by atoms with Crippen LogP contribution < -0.4 is 10.6 Å². The highest BCUT2D eigenvalue weighted by Crippen LogP contribution is 2.45. The van der Waals surface area contributed by atoms with Gasteiger partial charge in [0.05, 0.1) is 5.54 Å². The molecule has 4 rings (SSSR count). The average molecular weight is 490 g/mol. The summed E-state index contributed by atoms with van der Waals surface area (Å²) in [5.41, 5.74) is 3.00. The molecule has 0 bridgehead atoms. The number of fused-ring (bicyclic) bond motifs is 3. The van der Waals surface area contributed by atoms with E-state index >= 15 is 0 Å². The molecule has 0 heterocycles. The smallest absolute Gasteiger partial charge is 0.419 e. The topological polar surface area (TPSA) is 105 Å². The van der Waals surface area contributed by atoms with E-state index in [0.717, 1.165) is 22.3 Å². The Morgan fingerprint density at radius 1 is 1.03 bits per heavy atom. The van der Waals surface area contributed by atoms with Crippen LogP contribution in [-0.2, 0) is 14.3 Å². The average Bonchev–Trinajstić information content (AvgIpc) is 3.59. The molecule has 0 saturated heterocycles. The first kappa shape index (κ1) is 24.6. The zero-order chi connectivity index (χ0) is 25.4. The number of hydrogen-bond donors (Lipinski definition) is 3. The SMILES string of the molecule is CC(CC(=O)NC(C(=O)O)C(F)(F)F)(NC(=O)OCC1c2ccccc2-c2ccccc21)C1CC1. The fourth-order valence-corrected chi connectivity index (χ4v) is 4.71. The number of amides is 2. The van der Waals surface area contributed by atoms with E-state index in [0.29, 0.717) is 12.8 Å². The fourth-order valence-electron chi connectivity index (χ4n) is 4.71. The number of rotatable bonds is 8. The lowest BCUT2D eigenvalue weighted by atomic mass is 9.91. The maximum atomic E-state index is 12.9. The second-order valence-corrected chi connectivity index (χ2v) is 9.20. The molecule has 35 heavy (non-hydrogen) atoms. The number of carbonyl (C=O) groups is 3. The van der Waals surface area contributed by atoms with E-state index in [1.165, 1.54) is 5.32 Å². The Bertz CT molecular complexity index is 1100. The van der Waals surface area contributed by atoms with Crippen molar-refractivity contribution in [1.82, 2.24) is 10.6 Å². The number of benzene rings is 2. The van der Waals surface area contributed by atoms with Crippen LogP contribution in [0.5, 0.6) is 0 Å². The lowest BCUT2D eigenvalue weighted by Crippen LogP contribution is -2.55. The first-order chi connectivity index (χ1) is 16.5. The normalized spacial score (nSPS) is 17.5. The molecule has 2 aromatic rings. The van der Waals surface area contributed by atoms with Gasteiger partial charge in [-0.2, -0.15) is 13.2 Å². The minimum atomic E-state index is -5.14. The molecule has 1 saturated carbocycles. The summed E-state index contributed by atoms with van der Waals surface area (Å²) in [4.78, 5) is 35.9. The van der Waals surface area contributed by atoms with E-state index < -0.39 is 42.1 Å². The van der Waals surface area contributed by atoms with Gasteiger partial charge in [0.2, 0.25) is 11.9 Å². The van der Waals surface area contributed by atoms with Crippen LogP contribution in [0.25, 0.3) is 11.1 Å². The largest absolute Gasteiger partial charge is 0.479 e. The van der Waals surface area contributed by atoms with E-state index in [9.17, 15) is 27.6 Å². The number of aliphatic carboxylic acids is 1. The van der Waals surface area contributed by atoms with E-state index in [1.54, 1.807) is 6.92 Å². The van der Waals surface area contributed by atoms with E-state index in [1.807, 2.05) is 48.5 Å². The minimum Gasteiger partial charge on any atom is -0.479 e. The summed E-state index contributed by atoms with van der Waals surface area (Å²) in [6.07, 6.45) is -5.09. The van der Waals surface area contributed by atoms with Crippen molar-refractivity contribution in [3.8, 4) is 11.1 Å². The minimum absolute atomic E-state index is 0.0436. The van der Waals surface area contributed by atoms with Crippen LogP contribution in [0.4, 0.5) is 18.0 Å². The zero-order valence-electron chi connectivity index (χ0n) is 18.9. The third-order valence-electron chi connectivity index (χ3n) is 6.62. The summed E-state index contributed by atoms with van der Waals surface area (Å²) in [6.45, 7) is 1.59. The molecule has 2 amide bonds. The summed E-state index contributed by atoms with van der Waals surface area (Å²) in [5.74, 6) is -3.64. The molecule has 1 fully saturated rings. The van der Waals surface area contributed by atoms with Gasteiger partial charge in [0, 0.05) is 12.3 Å². The van der Waals surface area contributed by atoms with Crippen LogP contribution in [-0.4, -0.2) is 47.4 Å². The molecule has 3 N–H and O–H groups in total. The maximum absolute atomic E-state index is 12.9. The molecule has 186 valence electrons. The Balaban J connectivity index is 1.41. The molecule has 10 heteroatoms. The number of halogens is 3. The summed E-state index contributed by atoms with van der Waals surface area (Å²) in [7, 11) is 0. The number of alkyl halides is 3. The lowest BCUT2D eigenvalue weighted by Gasteiger charge is -2.31. The number of nitrogens with one attached hydrogen (secondary N) is 2. The van der Waals surface area contributed by atoms with Crippen LogP contribution in [0.1, 0.15) is 43.2 Å². The Hall–Kier alpha value is -3.56. The van der Waals surface area contributed by atoms with Crippen LogP contribution in [0.2, 0.25) is 0 Å². The predicted molar refractivity (Wildman–Crippen MR) is 120 cm³/mol. The standard InChI is InChI=1S/C25H25F3N2O5/c1-24(14-10-11-14,12-20(31)29-21(22(32)33)25(26,27)28)30-23(34)35-13-19-17-8-4-2-6-15(17)16-7-3-5-9-18(16)19/h2-9,14,19,21H,10-13H2,1H3,(H,29,31)(H,30,34)(H,32,33). The lowest BCUT2D eigenvalue weighted by molar-refractivity contribution is -0.182. The molecule has 0 aromatic heterocycles. The Morgan fingerprint density at radius 3 is 2.06 bits per heavy atom. The molecular weight excluding hydrogens is 465 g/mol. The van der Waals surface area contributed by atoms with Gasteiger partial charge in [-0.3, -0.25) is 4.79 Å². The van der Waals surface area contributed by atoms with Gasteiger partial charge < -0.3 is 20.5 Å².